The van der Waals surface area contributed by atoms with Crippen LogP contribution < -0.4 is 0 Å². The molecule has 1 heterocycles. The van der Waals surface area contributed by atoms with Crippen molar-refractivity contribution in [1.82, 2.24) is 0 Å². The van der Waals surface area contributed by atoms with E-state index >= 15 is 0 Å². The molecular formula is C36H54O8. The quantitative estimate of drug-likeness (QED) is 0.226. The molecule has 5 rings (SSSR count). The molecule has 0 spiro atoms. The topological polar surface area (TPSA) is 105 Å². The van der Waals surface area contributed by atoms with E-state index in [1.165, 1.54) is 26.7 Å². The Bertz CT molecular complexity index is 1240. The highest BCUT2D eigenvalue weighted by atomic mass is 16.6. The average Bonchev–Trinajstić information content (AvgIpc) is 3.24. The Labute approximate surface area is 263 Å². The predicted molar refractivity (Wildman–Crippen MR) is 164 cm³/mol. The monoisotopic (exact) mass is 614 g/mol. The molecule has 44 heavy (non-hydrogen) atoms. The van der Waals surface area contributed by atoms with Gasteiger partial charge in [-0.25, -0.2) is 4.79 Å². The Morgan fingerprint density at radius 3 is 2.20 bits per heavy atom. The smallest absolute Gasteiger partial charge is 0.335 e. The first kappa shape index (κ1) is 33.0. The number of cyclic esters (lactones) is 1. The molecule has 5 aliphatic rings. The van der Waals surface area contributed by atoms with Crippen molar-refractivity contribution in [2.45, 2.75) is 151 Å². The van der Waals surface area contributed by atoms with E-state index in [1.807, 2.05) is 13.8 Å². The molecule has 0 aromatic heterocycles. The molecule has 246 valence electrons. The third-order valence-corrected chi connectivity index (χ3v) is 13.4. The molecule has 8 heteroatoms. The summed E-state index contributed by atoms with van der Waals surface area (Å²) in [5.74, 6) is -0.895. The van der Waals surface area contributed by atoms with Gasteiger partial charge in [0.05, 0.1) is 12.0 Å². The maximum atomic E-state index is 13.7. The van der Waals surface area contributed by atoms with E-state index < -0.39 is 47.7 Å². The summed E-state index contributed by atoms with van der Waals surface area (Å²) in [7, 11) is 0. The molecule has 0 aromatic carbocycles. The molecule has 0 bridgehead atoms. The zero-order valence-corrected chi connectivity index (χ0v) is 28.4. The second kappa shape index (κ2) is 11.5. The molecule has 0 saturated heterocycles. The number of ether oxygens (including phenoxy) is 4. The fourth-order valence-corrected chi connectivity index (χ4v) is 11.4. The van der Waals surface area contributed by atoms with E-state index in [0.29, 0.717) is 30.8 Å². The van der Waals surface area contributed by atoms with Gasteiger partial charge in [0.2, 0.25) is 0 Å². The van der Waals surface area contributed by atoms with Crippen LogP contribution in [0.4, 0.5) is 0 Å². The lowest BCUT2D eigenvalue weighted by molar-refractivity contribution is -0.232. The number of carbonyl (C=O) groups is 4. The van der Waals surface area contributed by atoms with Crippen LogP contribution in [0.3, 0.4) is 0 Å². The van der Waals surface area contributed by atoms with E-state index in [0.717, 1.165) is 31.3 Å². The number of esters is 4. The second-order valence-electron chi connectivity index (χ2n) is 15.6. The Morgan fingerprint density at radius 1 is 0.909 bits per heavy atom. The summed E-state index contributed by atoms with van der Waals surface area (Å²) in [6.45, 7) is 18.2. The fraction of sp³-hybridized carbons (Fsp3) is 0.833. The van der Waals surface area contributed by atoms with Crippen molar-refractivity contribution in [2.75, 3.05) is 0 Å². The van der Waals surface area contributed by atoms with Crippen molar-refractivity contribution in [3.05, 3.63) is 11.1 Å². The number of fused-ring (bicyclic) bond motifs is 6. The highest BCUT2D eigenvalue weighted by Gasteiger charge is 2.71. The highest BCUT2D eigenvalue weighted by Crippen LogP contribution is 2.74. The fourth-order valence-electron chi connectivity index (χ4n) is 11.4. The van der Waals surface area contributed by atoms with Gasteiger partial charge in [0.1, 0.15) is 24.4 Å². The number of carbonyl (C=O) groups excluding carboxylic acids is 4. The lowest BCUT2D eigenvalue weighted by atomic mass is 9.34. The first-order valence-corrected chi connectivity index (χ1v) is 17.0. The van der Waals surface area contributed by atoms with Crippen molar-refractivity contribution < 1.29 is 38.1 Å². The van der Waals surface area contributed by atoms with E-state index in [1.54, 1.807) is 0 Å². The lowest BCUT2D eigenvalue weighted by Crippen LogP contribution is -2.67. The molecule has 8 nitrogen and oxygen atoms in total. The largest absolute Gasteiger partial charge is 0.462 e. The first-order valence-electron chi connectivity index (χ1n) is 17.0. The molecule has 4 aliphatic carbocycles. The van der Waals surface area contributed by atoms with Crippen LogP contribution in [0.5, 0.6) is 0 Å². The maximum Gasteiger partial charge on any atom is 0.335 e. The van der Waals surface area contributed by atoms with Crippen LogP contribution in [0.15, 0.2) is 11.1 Å². The Hall–Kier alpha value is -2.38. The third-order valence-electron chi connectivity index (χ3n) is 13.4. The van der Waals surface area contributed by atoms with Crippen molar-refractivity contribution >= 4 is 23.9 Å². The third kappa shape index (κ3) is 5.01. The zero-order valence-electron chi connectivity index (χ0n) is 28.4. The summed E-state index contributed by atoms with van der Waals surface area (Å²) in [4.78, 5) is 51.5. The van der Waals surface area contributed by atoms with Gasteiger partial charge in [-0.1, -0.05) is 54.4 Å². The number of hydrogen-bond donors (Lipinski definition) is 0. The van der Waals surface area contributed by atoms with Gasteiger partial charge < -0.3 is 18.9 Å². The highest BCUT2D eigenvalue weighted by molar-refractivity contribution is 5.95. The molecule has 0 N–H and O–H groups in total. The normalized spacial score (nSPS) is 43.4. The summed E-state index contributed by atoms with van der Waals surface area (Å²) in [5.41, 5.74) is 0.569. The average molecular weight is 615 g/mol. The van der Waals surface area contributed by atoms with Crippen LogP contribution in [0, 0.1) is 39.4 Å². The van der Waals surface area contributed by atoms with E-state index in [-0.39, 0.29) is 40.5 Å². The summed E-state index contributed by atoms with van der Waals surface area (Å²) in [5, 5.41) is 0. The van der Waals surface area contributed by atoms with Gasteiger partial charge in [-0.2, -0.15) is 0 Å². The van der Waals surface area contributed by atoms with Crippen LogP contribution in [0.1, 0.15) is 127 Å². The Balaban J connectivity index is 1.63. The van der Waals surface area contributed by atoms with Crippen LogP contribution in [0.2, 0.25) is 0 Å². The van der Waals surface area contributed by atoms with Crippen molar-refractivity contribution in [3.63, 3.8) is 0 Å². The van der Waals surface area contributed by atoms with Crippen LogP contribution in [-0.4, -0.2) is 48.3 Å². The van der Waals surface area contributed by atoms with Crippen molar-refractivity contribution in [3.8, 4) is 0 Å². The predicted octanol–water partition coefficient (Wildman–Crippen LogP) is 6.87. The Morgan fingerprint density at radius 2 is 1.59 bits per heavy atom. The summed E-state index contributed by atoms with van der Waals surface area (Å²) in [6.07, 6.45) is 6.27. The van der Waals surface area contributed by atoms with Crippen molar-refractivity contribution in [1.29, 1.82) is 0 Å². The molecular weight excluding hydrogens is 560 g/mol. The second-order valence-corrected chi connectivity index (χ2v) is 15.6. The van der Waals surface area contributed by atoms with Crippen LogP contribution in [0.25, 0.3) is 0 Å². The van der Waals surface area contributed by atoms with Gasteiger partial charge in [0.25, 0.3) is 0 Å². The van der Waals surface area contributed by atoms with Crippen LogP contribution >= 0.6 is 0 Å². The zero-order chi connectivity index (χ0) is 32.4. The van der Waals surface area contributed by atoms with Crippen molar-refractivity contribution in [2.24, 2.45) is 39.4 Å². The molecule has 0 radical (unpaired) electrons. The summed E-state index contributed by atoms with van der Waals surface area (Å²) < 4.78 is 23.7. The summed E-state index contributed by atoms with van der Waals surface area (Å²) >= 11 is 0. The van der Waals surface area contributed by atoms with E-state index in [2.05, 4.69) is 34.6 Å². The minimum Gasteiger partial charge on any atom is -0.462 e. The molecule has 11 atom stereocenters. The van der Waals surface area contributed by atoms with Gasteiger partial charge in [-0.05, 0) is 85.9 Å². The molecule has 0 unspecified atom stereocenters. The van der Waals surface area contributed by atoms with Gasteiger partial charge in [0, 0.05) is 24.8 Å². The standard InChI is InChI=1S/C36H54O8/c1-10-23(42-21(4)37)17-29(39)44-28-19-26-34(7)15-12-14-33(6,11-2)25(34)13-16-35(26,8)27-18-24(43-22(5)38)30-20(3)41-32(40)31(30)36(27,28)9/h20,23-28H,10-19H2,1-9H3/t20-,23+,24+,25+,26+,27-,28+,33-,34-,35+,36+/m0/s1. The van der Waals surface area contributed by atoms with Gasteiger partial charge in [0.15, 0.2) is 0 Å². The lowest BCUT2D eigenvalue weighted by Gasteiger charge is -2.70. The maximum absolute atomic E-state index is 13.7. The van der Waals surface area contributed by atoms with Crippen LogP contribution in [-0.2, 0) is 38.1 Å². The molecule has 1 aliphatic heterocycles. The number of rotatable bonds is 7. The van der Waals surface area contributed by atoms with E-state index in [4.69, 9.17) is 18.9 Å². The minimum absolute atomic E-state index is 0.0358. The first-order chi connectivity index (χ1) is 20.5. The van der Waals surface area contributed by atoms with Gasteiger partial charge >= 0.3 is 23.9 Å². The Kier molecular flexibility index (Phi) is 8.59. The summed E-state index contributed by atoms with van der Waals surface area (Å²) in [6, 6.07) is 0. The van der Waals surface area contributed by atoms with Gasteiger partial charge in [-0.15, -0.1) is 0 Å². The van der Waals surface area contributed by atoms with E-state index in [9.17, 15) is 19.2 Å². The minimum atomic E-state index is -0.816. The molecule has 0 amide bonds. The molecule has 3 saturated carbocycles. The molecule has 3 fully saturated rings. The van der Waals surface area contributed by atoms with Gasteiger partial charge in [-0.3, -0.25) is 14.4 Å². The molecule has 0 aromatic rings. The number of hydrogen-bond acceptors (Lipinski definition) is 8. The SMILES string of the molecule is CC[C@H](CC(=O)O[C@@H]1C[C@@H]2[C@@]3(C)CCC[C@](C)(CC)[C@H]3CC[C@@]2(C)[C@@H]2C[C@@H](OC(C)=O)C3=C(C(=O)O[C@H]3C)[C@@]12C)OC(C)=O.